The Bertz CT molecular complexity index is 1370. The molecule has 0 bridgehead atoms. The Labute approximate surface area is 254 Å². The average Bonchev–Trinajstić information content (AvgIpc) is 2.94. The fourth-order valence-electron chi connectivity index (χ4n) is 5.30. The SMILES string of the molecule is CC(C)(OC(=S)S(=O)(=O)C(=S)OC(C)(C)C(c1ccccc1)c1ccccc1)C(c1ccccc1)c1ccccc1. The largest absolute Gasteiger partial charge is 0.468 e. The summed E-state index contributed by atoms with van der Waals surface area (Å²) in [6.07, 6.45) is 0. The Morgan fingerprint density at radius 2 is 0.732 bits per heavy atom. The predicted octanol–water partition coefficient (Wildman–Crippen LogP) is 8.23. The molecule has 0 aliphatic carbocycles. The van der Waals surface area contributed by atoms with Crippen LogP contribution in [-0.2, 0) is 19.3 Å². The highest BCUT2D eigenvalue weighted by Gasteiger charge is 2.42. The van der Waals surface area contributed by atoms with E-state index in [0.717, 1.165) is 22.3 Å². The molecule has 0 aromatic heterocycles. The van der Waals surface area contributed by atoms with Gasteiger partial charge in [0.25, 0.3) is 18.6 Å². The van der Waals surface area contributed by atoms with E-state index in [1.165, 1.54) is 0 Å². The second kappa shape index (κ2) is 12.6. The van der Waals surface area contributed by atoms with Crippen LogP contribution < -0.4 is 0 Å². The molecule has 4 nitrogen and oxygen atoms in total. The Morgan fingerprint density at radius 3 is 0.951 bits per heavy atom. The van der Waals surface area contributed by atoms with Crippen molar-refractivity contribution in [1.82, 2.24) is 0 Å². The van der Waals surface area contributed by atoms with Gasteiger partial charge >= 0.3 is 0 Å². The Kier molecular flexibility index (Phi) is 9.42. The molecule has 4 rings (SSSR count). The summed E-state index contributed by atoms with van der Waals surface area (Å²) in [6, 6.07) is 39.2. The van der Waals surface area contributed by atoms with Crippen LogP contribution in [0.4, 0.5) is 0 Å². The second-order valence-corrected chi connectivity index (χ2v) is 13.9. The topological polar surface area (TPSA) is 52.6 Å². The lowest BCUT2D eigenvalue weighted by atomic mass is 9.79. The lowest BCUT2D eigenvalue weighted by Crippen LogP contribution is -2.42. The van der Waals surface area contributed by atoms with Crippen molar-refractivity contribution in [3.63, 3.8) is 0 Å². The zero-order chi connectivity index (χ0) is 29.7. The minimum absolute atomic E-state index is 0.301. The van der Waals surface area contributed by atoms with Gasteiger partial charge in [0.05, 0.1) is 0 Å². The molecule has 0 radical (unpaired) electrons. The normalized spacial score (nSPS) is 12.2. The van der Waals surface area contributed by atoms with Crippen molar-refractivity contribution in [3.8, 4) is 0 Å². The van der Waals surface area contributed by atoms with Crippen LogP contribution in [0.5, 0.6) is 0 Å². The first-order valence-corrected chi connectivity index (χ1v) is 15.6. The lowest BCUT2D eigenvalue weighted by molar-refractivity contribution is 0.0828. The molecule has 0 atom stereocenters. The minimum Gasteiger partial charge on any atom is -0.468 e. The van der Waals surface area contributed by atoms with Gasteiger partial charge in [0.1, 0.15) is 11.2 Å². The lowest BCUT2D eigenvalue weighted by Gasteiger charge is -2.37. The molecule has 0 fully saturated rings. The monoisotopic (exact) mass is 602 g/mol. The average molecular weight is 603 g/mol. The van der Waals surface area contributed by atoms with Gasteiger partial charge in [-0.1, -0.05) is 121 Å². The van der Waals surface area contributed by atoms with E-state index in [4.69, 9.17) is 33.9 Å². The molecular weight excluding hydrogens is 569 g/mol. The molecule has 0 aliphatic heterocycles. The molecular formula is C34H34O4S3. The highest BCUT2D eigenvalue weighted by molar-refractivity contribution is 8.31. The van der Waals surface area contributed by atoms with Crippen LogP contribution in [0.2, 0.25) is 0 Å². The Morgan fingerprint density at radius 1 is 0.512 bits per heavy atom. The standard InChI is InChI=1S/C34H34O4S3/c1-33(2,29(25-17-9-5-10-18-25)26-19-11-6-12-20-26)37-31(39)41(35,36)32(40)38-34(3,4)30(27-21-13-7-14-22-27)28-23-15-8-16-24-28/h5-24,29-30H,1-4H3. The van der Waals surface area contributed by atoms with Crippen molar-refractivity contribution in [3.05, 3.63) is 144 Å². The number of benzene rings is 4. The molecule has 0 amide bonds. The quantitative estimate of drug-likeness (QED) is 0.189. The molecule has 0 spiro atoms. The van der Waals surface area contributed by atoms with E-state index in [-0.39, 0.29) is 11.8 Å². The van der Waals surface area contributed by atoms with Crippen LogP contribution in [-0.4, -0.2) is 28.4 Å². The Balaban J connectivity index is 1.60. The van der Waals surface area contributed by atoms with Crippen molar-refractivity contribution in [2.75, 3.05) is 0 Å². The molecule has 4 aromatic carbocycles. The third-order valence-electron chi connectivity index (χ3n) is 7.05. The van der Waals surface area contributed by atoms with Gasteiger partial charge in [0.15, 0.2) is 0 Å². The zero-order valence-corrected chi connectivity index (χ0v) is 26.0. The summed E-state index contributed by atoms with van der Waals surface area (Å²) in [6.45, 7) is 7.31. The van der Waals surface area contributed by atoms with Crippen LogP contribution in [0.15, 0.2) is 121 Å². The highest BCUT2D eigenvalue weighted by atomic mass is 32.2. The summed E-state index contributed by atoms with van der Waals surface area (Å²) in [4.78, 5) is 0. The van der Waals surface area contributed by atoms with Gasteiger partial charge in [-0.3, -0.25) is 0 Å². The van der Waals surface area contributed by atoms with E-state index in [2.05, 4.69) is 0 Å². The molecule has 0 heterocycles. The summed E-state index contributed by atoms with van der Waals surface area (Å²) in [5.41, 5.74) is 1.81. The van der Waals surface area contributed by atoms with Crippen LogP contribution >= 0.6 is 24.4 Å². The summed E-state index contributed by atoms with van der Waals surface area (Å²) in [7, 11) is -4.38. The van der Waals surface area contributed by atoms with E-state index >= 15 is 0 Å². The molecule has 0 N–H and O–H groups in total. The molecule has 7 heteroatoms. The van der Waals surface area contributed by atoms with Gasteiger partial charge in [-0.25, -0.2) is 8.42 Å². The first-order chi connectivity index (χ1) is 19.4. The van der Waals surface area contributed by atoms with Gasteiger partial charge in [-0.05, 0) is 74.4 Å². The maximum atomic E-state index is 13.6. The number of hydrogen-bond donors (Lipinski definition) is 0. The number of ether oxygens (including phenoxy) is 2. The minimum atomic E-state index is -4.38. The molecule has 0 saturated heterocycles. The molecule has 0 saturated carbocycles. The van der Waals surface area contributed by atoms with Gasteiger partial charge < -0.3 is 9.47 Å². The number of hydrogen-bond acceptors (Lipinski definition) is 6. The van der Waals surface area contributed by atoms with E-state index in [9.17, 15) is 8.42 Å². The molecule has 0 aliphatic rings. The van der Waals surface area contributed by atoms with E-state index in [0.29, 0.717) is 0 Å². The van der Waals surface area contributed by atoms with E-state index in [1.807, 2.05) is 149 Å². The Hall–Kier alpha value is -3.39. The first kappa shape index (κ1) is 30.6. The third kappa shape index (κ3) is 7.10. The fraction of sp³-hybridized carbons (Fsp3) is 0.235. The van der Waals surface area contributed by atoms with Crippen molar-refractivity contribution in [2.24, 2.45) is 0 Å². The predicted molar refractivity (Wildman–Crippen MR) is 174 cm³/mol. The van der Waals surface area contributed by atoms with E-state index < -0.39 is 29.8 Å². The van der Waals surface area contributed by atoms with Gasteiger partial charge in [-0.15, -0.1) is 0 Å². The summed E-state index contributed by atoms with van der Waals surface area (Å²) >= 11 is 10.8. The number of rotatable bonds is 8. The van der Waals surface area contributed by atoms with Crippen LogP contribution in [0.3, 0.4) is 0 Å². The van der Waals surface area contributed by atoms with E-state index in [1.54, 1.807) is 0 Å². The van der Waals surface area contributed by atoms with Gasteiger partial charge in [0, 0.05) is 11.8 Å². The molecule has 4 aromatic rings. The van der Waals surface area contributed by atoms with Gasteiger partial charge in [-0.2, -0.15) is 0 Å². The van der Waals surface area contributed by atoms with Crippen LogP contribution in [0.25, 0.3) is 0 Å². The van der Waals surface area contributed by atoms with Crippen molar-refractivity contribution in [2.45, 2.75) is 50.7 Å². The summed E-state index contributed by atoms with van der Waals surface area (Å²) in [5, 5.41) is 0. The molecule has 0 unspecified atom stereocenters. The zero-order valence-electron chi connectivity index (χ0n) is 23.6. The maximum Gasteiger partial charge on any atom is 0.293 e. The van der Waals surface area contributed by atoms with Crippen LogP contribution in [0, 0.1) is 0 Å². The first-order valence-electron chi connectivity index (χ1n) is 13.3. The number of sulfone groups is 1. The smallest absolute Gasteiger partial charge is 0.293 e. The fourth-order valence-corrected chi connectivity index (χ4v) is 7.12. The summed E-state index contributed by atoms with van der Waals surface area (Å²) in [5.74, 6) is -0.603. The van der Waals surface area contributed by atoms with Crippen molar-refractivity contribution < 1.29 is 17.9 Å². The van der Waals surface area contributed by atoms with Crippen molar-refractivity contribution >= 4 is 43.0 Å². The van der Waals surface area contributed by atoms with Crippen LogP contribution in [0.1, 0.15) is 61.8 Å². The maximum absolute atomic E-state index is 13.6. The second-order valence-electron chi connectivity index (χ2n) is 10.9. The number of thiocarbonyl (C=S) groups is 2. The highest BCUT2D eigenvalue weighted by Crippen LogP contribution is 2.40. The summed E-state index contributed by atoms with van der Waals surface area (Å²) < 4.78 is 38.3. The van der Waals surface area contributed by atoms with Crippen molar-refractivity contribution in [1.29, 1.82) is 0 Å². The van der Waals surface area contributed by atoms with Gasteiger partial charge in [0.2, 0.25) is 0 Å². The molecule has 212 valence electrons. The third-order valence-corrected chi connectivity index (χ3v) is 9.58. The molecule has 41 heavy (non-hydrogen) atoms.